The summed E-state index contributed by atoms with van der Waals surface area (Å²) in [5.74, 6) is 0.163. The molecule has 1 aliphatic rings. The highest BCUT2D eigenvalue weighted by Gasteiger charge is 2.30. The largest absolute Gasteiger partial charge is 0.352 e. The third-order valence-corrected chi connectivity index (χ3v) is 3.79. The van der Waals surface area contributed by atoms with E-state index >= 15 is 0 Å². The summed E-state index contributed by atoms with van der Waals surface area (Å²) in [6.07, 6.45) is 4.47. The van der Waals surface area contributed by atoms with Gasteiger partial charge in [0.2, 0.25) is 5.91 Å². The number of thioether (sulfide) groups is 1. The number of likely N-dealkylation sites (tertiary alicyclic amines) is 1. The van der Waals surface area contributed by atoms with Gasteiger partial charge in [0.15, 0.2) is 5.12 Å². The van der Waals surface area contributed by atoms with E-state index < -0.39 is 0 Å². The van der Waals surface area contributed by atoms with E-state index in [1.54, 1.807) is 6.92 Å². The highest BCUT2D eigenvalue weighted by Crippen LogP contribution is 2.23. The summed E-state index contributed by atoms with van der Waals surface area (Å²) in [4.78, 5) is 24.6. The van der Waals surface area contributed by atoms with E-state index in [4.69, 9.17) is 0 Å². The van der Waals surface area contributed by atoms with Crippen LogP contribution in [-0.2, 0) is 16.1 Å². The van der Waals surface area contributed by atoms with Crippen LogP contribution in [0.1, 0.15) is 13.3 Å². The van der Waals surface area contributed by atoms with Crippen LogP contribution >= 0.6 is 11.8 Å². The van der Waals surface area contributed by atoms with Gasteiger partial charge in [-0.2, -0.15) is 0 Å². The number of nitrogens with zero attached hydrogens (tertiary/aromatic N) is 2. The normalized spacial score (nSPS) is 19.9. The highest BCUT2D eigenvalue weighted by molar-refractivity contribution is 8.14. The highest BCUT2D eigenvalue weighted by atomic mass is 32.2. The Bertz CT molecular complexity index is 403. The summed E-state index contributed by atoms with van der Waals surface area (Å²) >= 11 is 1.28. The molecule has 1 aromatic rings. The van der Waals surface area contributed by atoms with Gasteiger partial charge in [0.1, 0.15) is 0 Å². The molecule has 0 radical (unpaired) electrons. The summed E-state index contributed by atoms with van der Waals surface area (Å²) in [5, 5.41) is 0.236. The van der Waals surface area contributed by atoms with Crippen LogP contribution in [0, 0.1) is 0 Å². The van der Waals surface area contributed by atoms with Gasteiger partial charge >= 0.3 is 0 Å². The molecule has 1 amide bonds. The average molecular weight is 252 g/mol. The molecule has 0 aliphatic carbocycles. The number of hydrogen-bond donors (Lipinski definition) is 0. The standard InChI is InChI=1S/C12H16N2O2S/c1-10(15)17-11-8-12(16)14(9-11)7-6-13-4-2-3-5-13/h2-5,11H,6-9H2,1H3. The van der Waals surface area contributed by atoms with E-state index in [1.807, 2.05) is 29.4 Å². The molecule has 0 saturated carbocycles. The first-order chi connectivity index (χ1) is 8.15. The molecule has 1 saturated heterocycles. The maximum Gasteiger partial charge on any atom is 0.223 e. The van der Waals surface area contributed by atoms with Crippen molar-refractivity contribution in [3.63, 3.8) is 0 Å². The van der Waals surface area contributed by atoms with Crippen molar-refractivity contribution >= 4 is 22.8 Å². The summed E-state index contributed by atoms with van der Waals surface area (Å²) in [7, 11) is 0. The minimum absolute atomic E-state index is 0.0926. The van der Waals surface area contributed by atoms with Gasteiger partial charge in [-0.05, 0) is 12.1 Å². The molecule has 1 aromatic heterocycles. The molecule has 1 atom stereocenters. The molecule has 2 rings (SSSR count). The van der Waals surface area contributed by atoms with Crippen molar-refractivity contribution in [2.24, 2.45) is 0 Å². The molecular formula is C12H16N2O2S. The van der Waals surface area contributed by atoms with E-state index in [2.05, 4.69) is 4.57 Å². The van der Waals surface area contributed by atoms with E-state index in [9.17, 15) is 9.59 Å². The summed E-state index contributed by atoms with van der Waals surface area (Å²) in [6.45, 7) is 3.79. The van der Waals surface area contributed by atoms with Crippen LogP contribution in [0.5, 0.6) is 0 Å². The zero-order valence-corrected chi connectivity index (χ0v) is 10.7. The van der Waals surface area contributed by atoms with Crippen LogP contribution in [0.4, 0.5) is 0 Å². The van der Waals surface area contributed by atoms with Crippen molar-refractivity contribution in [3.05, 3.63) is 24.5 Å². The number of amides is 1. The van der Waals surface area contributed by atoms with Crippen molar-refractivity contribution in [2.45, 2.75) is 25.1 Å². The topological polar surface area (TPSA) is 42.3 Å². The third-order valence-electron chi connectivity index (χ3n) is 2.81. The second kappa shape index (κ2) is 5.40. The first kappa shape index (κ1) is 12.2. The average Bonchev–Trinajstić information content (AvgIpc) is 2.84. The molecule has 0 spiro atoms. The monoisotopic (exact) mass is 252 g/mol. The van der Waals surface area contributed by atoms with Crippen molar-refractivity contribution in [1.29, 1.82) is 0 Å². The zero-order valence-electron chi connectivity index (χ0n) is 9.83. The molecule has 5 heteroatoms. The van der Waals surface area contributed by atoms with Crippen molar-refractivity contribution in [2.75, 3.05) is 13.1 Å². The third kappa shape index (κ3) is 3.36. The van der Waals surface area contributed by atoms with E-state index in [0.29, 0.717) is 13.0 Å². The molecule has 0 N–H and O–H groups in total. The Hall–Kier alpha value is -1.23. The Morgan fingerprint density at radius 2 is 2.12 bits per heavy atom. The van der Waals surface area contributed by atoms with Crippen LogP contribution in [0.2, 0.25) is 0 Å². The fourth-order valence-corrected chi connectivity index (χ4v) is 2.97. The van der Waals surface area contributed by atoms with Crippen LogP contribution in [0.25, 0.3) is 0 Å². The van der Waals surface area contributed by atoms with E-state index in [-0.39, 0.29) is 16.3 Å². The molecule has 1 unspecified atom stereocenters. The van der Waals surface area contributed by atoms with Gasteiger partial charge in [-0.25, -0.2) is 0 Å². The number of carbonyl (C=O) groups excluding carboxylic acids is 2. The Balaban J connectivity index is 1.82. The Morgan fingerprint density at radius 3 is 2.76 bits per heavy atom. The maximum absolute atomic E-state index is 11.7. The lowest BCUT2D eigenvalue weighted by Gasteiger charge is -2.16. The smallest absolute Gasteiger partial charge is 0.223 e. The fraction of sp³-hybridized carbons (Fsp3) is 0.500. The SMILES string of the molecule is CC(=O)SC1CC(=O)N(CCn2cccc2)C1. The molecule has 92 valence electrons. The van der Waals surface area contributed by atoms with Crippen molar-refractivity contribution in [3.8, 4) is 0 Å². The second-order valence-corrected chi connectivity index (χ2v) is 5.67. The lowest BCUT2D eigenvalue weighted by molar-refractivity contribution is -0.127. The summed E-state index contributed by atoms with van der Waals surface area (Å²) in [6, 6.07) is 3.94. The van der Waals surface area contributed by atoms with Crippen LogP contribution < -0.4 is 0 Å². The molecule has 4 nitrogen and oxygen atoms in total. The van der Waals surface area contributed by atoms with Gasteiger partial charge in [-0.1, -0.05) is 11.8 Å². The molecule has 17 heavy (non-hydrogen) atoms. The van der Waals surface area contributed by atoms with E-state index in [0.717, 1.165) is 13.1 Å². The zero-order chi connectivity index (χ0) is 12.3. The fourth-order valence-electron chi connectivity index (χ4n) is 2.02. The lowest BCUT2D eigenvalue weighted by Crippen LogP contribution is -2.29. The van der Waals surface area contributed by atoms with Gasteiger partial charge in [-0.3, -0.25) is 9.59 Å². The Kier molecular flexibility index (Phi) is 3.89. The van der Waals surface area contributed by atoms with Gasteiger partial charge in [0.25, 0.3) is 0 Å². The minimum Gasteiger partial charge on any atom is -0.352 e. The number of carbonyl (C=O) groups is 2. The van der Waals surface area contributed by atoms with Crippen LogP contribution in [0.15, 0.2) is 24.5 Å². The first-order valence-electron chi connectivity index (χ1n) is 5.71. The van der Waals surface area contributed by atoms with Gasteiger partial charge in [0, 0.05) is 50.6 Å². The molecule has 1 fully saturated rings. The molecular weight excluding hydrogens is 236 g/mol. The predicted octanol–water partition coefficient (Wildman–Crippen LogP) is 1.37. The van der Waals surface area contributed by atoms with Crippen LogP contribution in [-0.4, -0.2) is 38.8 Å². The molecule has 1 aliphatic heterocycles. The Morgan fingerprint density at radius 1 is 1.41 bits per heavy atom. The predicted molar refractivity (Wildman–Crippen MR) is 67.7 cm³/mol. The molecule has 0 bridgehead atoms. The number of hydrogen-bond acceptors (Lipinski definition) is 3. The summed E-state index contributed by atoms with van der Waals surface area (Å²) in [5.41, 5.74) is 0. The van der Waals surface area contributed by atoms with Crippen LogP contribution in [0.3, 0.4) is 0 Å². The van der Waals surface area contributed by atoms with Gasteiger partial charge in [0.05, 0.1) is 0 Å². The Labute approximate surface area is 105 Å². The number of rotatable bonds is 4. The van der Waals surface area contributed by atoms with Crippen molar-refractivity contribution < 1.29 is 9.59 Å². The lowest BCUT2D eigenvalue weighted by atomic mass is 10.4. The molecule has 2 heterocycles. The second-order valence-electron chi connectivity index (χ2n) is 4.20. The van der Waals surface area contributed by atoms with Gasteiger partial charge < -0.3 is 9.47 Å². The minimum atomic E-state index is 0.0926. The van der Waals surface area contributed by atoms with E-state index in [1.165, 1.54) is 11.8 Å². The maximum atomic E-state index is 11.7. The number of aromatic nitrogens is 1. The first-order valence-corrected chi connectivity index (χ1v) is 6.59. The van der Waals surface area contributed by atoms with Crippen molar-refractivity contribution in [1.82, 2.24) is 9.47 Å². The quantitative estimate of drug-likeness (QED) is 0.812. The summed E-state index contributed by atoms with van der Waals surface area (Å²) < 4.78 is 2.05. The molecule has 0 aromatic carbocycles. The van der Waals surface area contributed by atoms with Gasteiger partial charge in [-0.15, -0.1) is 0 Å².